The van der Waals surface area contributed by atoms with E-state index in [1.54, 1.807) is 6.92 Å². The maximum atomic E-state index is 11.1. The predicted molar refractivity (Wildman–Crippen MR) is 75.1 cm³/mol. The molecule has 2 unspecified atom stereocenters. The van der Waals surface area contributed by atoms with Gasteiger partial charge < -0.3 is 10.8 Å². The second-order valence-corrected chi connectivity index (χ2v) is 5.42. The molecule has 0 radical (unpaired) electrons. The Hall–Kier alpha value is -1.88. The molecule has 1 aromatic rings. The van der Waals surface area contributed by atoms with E-state index in [0.717, 1.165) is 30.6 Å². The van der Waals surface area contributed by atoms with Crippen LogP contribution in [0.15, 0.2) is 24.3 Å². The largest absolute Gasteiger partial charge is 0.481 e. The van der Waals surface area contributed by atoms with Gasteiger partial charge in [-0.05, 0) is 31.0 Å². The van der Waals surface area contributed by atoms with Crippen molar-refractivity contribution in [3.8, 4) is 0 Å². The highest BCUT2D eigenvalue weighted by atomic mass is 16.4. The molecule has 0 spiro atoms. The number of benzene rings is 1. The molecule has 0 aromatic heterocycles. The molecule has 2 rings (SSSR count). The van der Waals surface area contributed by atoms with Crippen LogP contribution in [-0.2, 0) is 16.1 Å². The molecule has 0 bridgehead atoms. The number of nitrogens with two attached hydrogens (primary N) is 1. The summed E-state index contributed by atoms with van der Waals surface area (Å²) >= 11 is 0. The van der Waals surface area contributed by atoms with Crippen molar-refractivity contribution in [2.45, 2.75) is 25.8 Å². The number of hydrogen-bond acceptors (Lipinski definition) is 3. The second kappa shape index (κ2) is 6.05. The first-order valence-corrected chi connectivity index (χ1v) is 6.80. The van der Waals surface area contributed by atoms with E-state index in [2.05, 4.69) is 4.90 Å². The number of rotatable bonds is 5. The number of carboxylic acids is 1. The number of carboxylic acid groups (broad SMARTS) is 1. The fourth-order valence-electron chi connectivity index (χ4n) is 2.52. The average Bonchev–Trinajstić information content (AvgIpc) is 2.87. The predicted octanol–water partition coefficient (Wildman–Crippen LogP) is 1.18. The van der Waals surface area contributed by atoms with E-state index in [4.69, 9.17) is 10.8 Å². The van der Waals surface area contributed by atoms with E-state index in [-0.39, 0.29) is 11.8 Å². The van der Waals surface area contributed by atoms with Crippen LogP contribution in [0.3, 0.4) is 0 Å². The van der Waals surface area contributed by atoms with Crippen LogP contribution in [0, 0.1) is 5.92 Å². The summed E-state index contributed by atoms with van der Waals surface area (Å²) < 4.78 is 0. The smallest absolute Gasteiger partial charge is 0.310 e. The Morgan fingerprint density at radius 2 is 2.05 bits per heavy atom. The van der Waals surface area contributed by atoms with Crippen LogP contribution in [0.1, 0.15) is 30.4 Å². The number of aliphatic carboxylic acids is 1. The number of amides is 1. The zero-order valence-electron chi connectivity index (χ0n) is 11.6. The Labute approximate surface area is 118 Å². The summed E-state index contributed by atoms with van der Waals surface area (Å²) in [7, 11) is 0. The topological polar surface area (TPSA) is 83.6 Å². The quantitative estimate of drug-likeness (QED) is 0.846. The van der Waals surface area contributed by atoms with Crippen molar-refractivity contribution in [2.24, 2.45) is 11.7 Å². The summed E-state index contributed by atoms with van der Waals surface area (Å²) in [6, 6.07) is 7.62. The molecule has 0 aliphatic carbocycles. The minimum absolute atomic E-state index is 0.0405. The first-order valence-electron chi connectivity index (χ1n) is 6.80. The van der Waals surface area contributed by atoms with Crippen LogP contribution < -0.4 is 5.73 Å². The van der Waals surface area contributed by atoms with Gasteiger partial charge in [-0.1, -0.05) is 24.3 Å². The molecule has 2 atom stereocenters. The van der Waals surface area contributed by atoms with Crippen LogP contribution in [0.2, 0.25) is 0 Å². The molecule has 20 heavy (non-hydrogen) atoms. The van der Waals surface area contributed by atoms with Crippen molar-refractivity contribution >= 4 is 11.9 Å². The highest BCUT2D eigenvalue weighted by Crippen LogP contribution is 2.20. The van der Waals surface area contributed by atoms with Gasteiger partial charge >= 0.3 is 5.97 Å². The number of carbonyl (C=O) groups excluding carboxylic acids is 1. The molecular formula is C15H20N2O3. The molecule has 1 aromatic carbocycles. The molecular weight excluding hydrogens is 256 g/mol. The number of carbonyl (C=O) groups is 2. The molecule has 1 fully saturated rings. The maximum absolute atomic E-state index is 11.1. The SMILES string of the molecule is CC(C(=O)O)c1ccc(CN2CCC(C(N)=O)C2)cc1. The fraction of sp³-hybridized carbons (Fsp3) is 0.467. The minimum atomic E-state index is -0.818. The summed E-state index contributed by atoms with van der Waals surface area (Å²) in [6.07, 6.45) is 0.823. The fourth-order valence-corrected chi connectivity index (χ4v) is 2.52. The molecule has 1 amide bonds. The molecule has 1 saturated heterocycles. The lowest BCUT2D eigenvalue weighted by atomic mass is 10.00. The Bertz CT molecular complexity index is 498. The van der Waals surface area contributed by atoms with E-state index < -0.39 is 11.9 Å². The lowest BCUT2D eigenvalue weighted by molar-refractivity contribution is -0.138. The third-order valence-electron chi connectivity index (χ3n) is 3.93. The number of primary amides is 1. The molecule has 1 heterocycles. The van der Waals surface area contributed by atoms with Gasteiger partial charge in [-0.25, -0.2) is 0 Å². The number of likely N-dealkylation sites (tertiary alicyclic amines) is 1. The third kappa shape index (κ3) is 3.36. The van der Waals surface area contributed by atoms with Gasteiger partial charge in [0.2, 0.25) is 5.91 Å². The lowest BCUT2D eigenvalue weighted by Crippen LogP contribution is -2.27. The number of nitrogens with zero attached hydrogens (tertiary/aromatic N) is 1. The van der Waals surface area contributed by atoms with Gasteiger partial charge in [0.1, 0.15) is 0 Å². The van der Waals surface area contributed by atoms with E-state index in [1.165, 1.54) is 0 Å². The van der Waals surface area contributed by atoms with Crippen molar-refractivity contribution in [3.63, 3.8) is 0 Å². The first kappa shape index (κ1) is 14.5. The van der Waals surface area contributed by atoms with E-state index in [0.29, 0.717) is 6.54 Å². The van der Waals surface area contributed by atoms with E-state index in [9.17, 15) is 9.59 Å². The summed E-state index contributed by atoms with van der Waals surface area (Å²) in [6.45, 7) is 4.03. The zero-order valence-corrected chi connectivity index (χ0v) is 11.6. The van der Waals surface area contributed by atoms with Crippen LogP contribution in [0.4, 0.5) is 0 Å². The summed E-state index contributed by atoms with van der Waals surface area (Å²) in [5, 5.41) is 8.96. The third-order valence-corrected chi connectivity index (χ3v) is 3.93. The molecule has 3 N–H and O–H groups in total. The van der Waals surface area contributed by atoms with Crippen molar-refractivity contribution in [2.75, 3.05) is 13.1 Å². The van der Waals surface area contributed by atoms with Crippen LogP contribution in [0.25, 0.3) is 0 Å². The van der Waals surface area contributed by atoms with Gasteiger partial charge in [-0.3, -0.25) is 14.5 Å². The Kier molecular flexibility index (Phi) is 4.39. The summed E-state index contributed by atoms with van der Waals surface area (Å²) in [5.41, 5.74) is 7.24. The zero-order chi connectivity index (χ0) is 14.7. The lowest BCUT2D eigenvalue weighted by Gasteiger charge is -2.16. The molecule has 5 heteroatoms. The van der Waals surface area contributed by atoms with E-state index >= 15 is 0 Å². The van der Waals surface area contributed by atoms with Gasteiger partial charge in [0, 0.05) is 13.1 Å². The van der Waals surface area contributed by atoms with Gasteiger partial charge in [0.25, 0.3) is 0 Å². The molecule has 1 aliphatic heterocycles. The van der Waals surface area contributed by atoms with Gasteiger partial charge in [-0.2, -0.15) is 0 Å². The normalized spacial score (nSPS) is 20.8. The average molecular weight is 276 g/mol. The Morgan fingerprint density at radius 3 is 2.55 bits per heavy atom. The monoisotopic (exact) mass is 276 g/mol. The van der Waals surface area contributed by atoms with Crippen LogP contribution in [-0.4, -0.2) is 35.0 Å². The highest BCUT2D eigenvalue weighted by molar-refractivity contribution is 5.77. The first-order chi connectivity index (χ1) is 9.47. The van der Waals surface area contributed by atoms with Crippen molar-refractivity contribution in [1.29, 1.82) is 0 Å². The molecule has 1 aliphatic rings. The number of hydrogen-bond donors (Lipinski definition) is 2. The summed E-state index contributed by atoms with van der Waals surface area (Å²) in [5.74, 6) is -1.57. The molecule has 108 valence electrons. The van der Waals surface area contributed by atoms with Crippen molar-refractivity contribution in [1.82, 2.24) is 4.90 Å². The van der Waals surface area contributed by atoms with Crippen LogP contribution in [0.5, 0.6) is 0 Å². The minimum Gasteiger partial charge on any atom is -0.481 e. The molecule has 0 saturated carbocycles. The van der Waals surface area contributed by atoms with E-state index in [1.807, 2.05) is 24.3 Å². The Balaban J connectivity index is 1.95. The highest BCUT2D eigenvalue weighted by Gasteiger charge is 2.26. The second-order valence-electron chi connectivity index (χ2n) is 5.42. The van der Waals surface area contributed by atoms with Gasteiger partial charge in [-0.15, -0.1) is 0 Å². The van der Waals surface area contributed by atoms with Crippen LogP contribution >= 0.6 is 0 Å². The van der Waals surface area contributed by atoms with Crippen molar-refractivity contribution in [3.05, 3.63) is 35.4 Å². The summed E-state index contributed by atoms with van der Waals surface area (Å²) in [4.78, 5) is 24.2. The van der Waals surface area contributed by atoms with Crippen molar-refractivity contribution < 1.29 is 14.7 Å². The standard InChI is InChI=1S/C15H20N2O3/c1-10(15(19)20)12-4-2-11(3-5-12)8-17-7-6-13(9-17)14(16)18/h2-5,10,13H,6-9H2,1H3,(H2,16,18)(H,19,20). The molecule has 5 nitrogen and oxygen atoms in total. The Morgan fingerprint density at radius 1 is 1.40 bits per heavy atom. The maximum Gasteiger partial charge on any atom is 0.310 e. The van der Waals surface area contributed by atoms with Gasteiger partial charge in [0.05, 0.1) is 11.8 Å². The van der Waals surface area contributed by atoms with Gasteiger partial charge in [0.15, 0.2) is 0 Å².